The second-order valence-corrected chi connectivity index (χ2v) is 5.83. The minimum absolute atomic E-state index is 0.00360. The highest BCUT2D eigenvalue weighted by molar-refractivity contribution is 5.92. The number of carbonyl (C=O) groups is 1. The second kappa shape index (κ2) is 7.13. The maximum absolute atomic E-state index is 12.2. The molecule has 2 aromatic heterocycles. The van der Waals surface area contributed by atoms with Crippen LogP contribution >= 0.6 is 0 Å². The van der Waals surface area contributed by atoms with Crippen LogP contribution in [0.5, 0.6) is 0 Å². The normalized spacial score (nSPS) is 15.4. The summed E-state index contributed by atoms with van der Waals surface area (Å²) in [6.07, 6.45) is 9.45. The second-order valence-electron chi connectivity index (χ2n) is 5.83. The quantitative estimate of drug-likeness (QED) is 0.886. The van der Waals surface area contributed by atoms with E-state index in [1.54, 1.807) is 18.7 Å². The molecule has 0 spiro atoms. The highest BCUT2D eigenvalue weighted by Gasteiger charge is 2.18. The SMILES string of the molecule is C[C@@H](Cn1ccnc1)NC(=O)Nc1cccnc1N1CCCC1. The van der Waals surface area contributed by atoms with Gasteiger partial charge in [-0.2, -0.15) is 0 Å². The number of pyridine rings is 1. The zero-order valence-electron chi connectivity index (χ0n) is 13.3. The molecule has 0 saturated carbocycles. The van der Waals surface area contributed by atoms with Crippen molar-refractivity contribution >= 4 is 17.5 Å². The molecule has 0 aromatic carbocycles. The van der Waals surface area contributed by atoms with Crippen molar-refractivity contribution in [2.24, 2.45) is 0 Å². The number of urea groups is 1. The van der Waals surface area contributed by atoms with E-state index in [0.29, 0.717) is 6.54 Å². The predicted octanol–water partition coefficient (Wildman–Crippen LogP) is 2.09. The summed E-state index contributed by atoms with van der Waals surface area (Å²) in [5, 5.41) is 5.86. The van der Waals surface area contributed by atoms with Crippen LogP contribution in [0.3, 0.4) is 0 Å². The Morgan fingerprint density at radius 2 is 2.17 bits per heavy atom. The zero-order valence-corrected chi connectivity index (χ0v) is 13.3. The third-order valence-electron chi connectivity index (χ3n) is 3.86. The zero-order chi connectivity index (χ0) is 16.1. The van der Waals surface area contributed by atoms with E-state index in [1.165, 1.54) is 12.8 Å². The van der Waals surface area contributed by atoms with Gasteiger partial charge in [-0.05, 0) is 31.9 Å². The fourth-order valence-corrected chi connectivity index (χ4v) is 2.81. The van der Waals surface area contributed by atoms with E-state index in [0.717, 1.165) is 24.6 Å². The molecule has 0 bridgehead atoms. The Hall–Kier alpha value is -2.57. The van der Waals surface area contributed by atoms with E-state index in [-0.39, 0.29) is 12.1 Å². The van der Waals surface area contributed by atoms with Gasteiger partial charge in [-0.1, -0.05) is 0 Å². The van der Waals surface area contributed by atoms with Crippen LogP contribution in [0.4, 0.5) is 16.3 Å². The molecule has 0 aliphatic carbocycles. The molecule has 1 aliphatic heterocycles. The van der Waals surface area contributed by atoms with Crippen LogP contribution in [-0.2, 0) is 6.54 Å². The topological polar surface area (TPSA) is 75.1 Å². The summed E-state index contributed by atoms with van der Waals surface area (Å²) in [5.41, 5.74) is 0.752. The number of hydrogen-bond donors (Lipinski definition) is 2. The summed E-state index contributed by atoms with van der Waals surface area (Å²) in [6, 6.07) is 3.51. The van der Waals surface area contributed by atoms with Crippen molar-refractivity contribution in [1.29, 1.82) is 0 Å². The Balaban J connectivity index is 1.59. The van der Waals surface area contributed by atoms with Gasteiger partial charge in [-0.3, -0.25) is 0 Å². The minimum atomic E-state index is -0.217. The molecule has 1 aliphatic rings. The predicted molar refractivity (Wildman–Crippen MR) is 89.5 cm³/mol. The maximum atomic E-state index is 12.2. The van der Waals surface area contributed by atoms with Gasteiger partial charge in [0.2, 0.25) is 0 Å². The summed E-state index contributed by atoms with van der Waals surface area (Å²) in [5.74, 6) is 0.849. The van der Waals surface area contributed by atoms with Gasteiger partial charge in [0.25, 0.3) is 0 Å². The van der Waals surface area contributed by atoms with Crippen molar-refractivity contribution in [1.82, 2.24) is 19.9 Å². The van der Waals surface area contributed by atoms with Gasteiger partial charge in [-0.25, -0.2) is 14.8 Å². The highest BCUT2D eigenvalue weighted by Crippen LogP contribution is 2.25. The molecule has 0 unspecified atom stereocenters. The van der Waals surface area contributed by atoms with Crippen LogP contribution < -0.4 is 15.5 Å². The molecule has 122 valence electrons. The van der Waals surface area contributed by atoms with Crippen molar-refractivity contribution in [3.05, 3.63) is 37.1 Å². The lowest BCUT2D eigenvalue weighted by atomic mass is 10.3. The number of amides is 2. The van der Waals surface area contributed by atoms with E-state index in [1.807, 2.05) is 29.8 Å². The Kier molecular flexibility index (Phi) is 4.75. The molecule has 1 fully saturated rings. The van der Waals surface area contributed by atoms with Crippen molar-refractivity contribution in [2.75, 3.05) is 23.3 Å². The Morgan fingerprint density at radius 3 is 2.91 bits per heavy atom. The lowest BCUT2D eigenvalue weighted by Gasteiger charge is -2.21. The van der Waals surface area contributed by atoms with Crippen LogP contribution in [0.1, 0.15) is 19.8 Å². The standard InChI is InChI=1S/C16H22N6O/c1-13(11-21-10-7-17-12-21)19-16(23)20-14-5-4-6-18-15(14)22-8-2-3-9-22/h4-7,10,12-13H,2-3,8-9,11H2,1H3,(H2,19,20,23)/t13-/m0/s1. The molecule has 7 heteroatoms. The first-order chi connectivity index (χ1) is 11.2. The third kappa shape index (κ3) is 4.00. The first-order valence-electron chi connectivity index (χ1n) is 7.95. The van der Waals surface area contributed by atoms with Crippen LogP contribution in [0.15, 0.2) is 37.1 Å². The molecule has 2 aromatic rings. The first-order valence-corrected chi connectivity index (χ1v) is 7.95. The van der Waals surface area contributed by atoms with E-state index in [9.17, 15) is 4.79 Å². The Morgan fingerprint density at radius 1 is 1.35 bits per heavy atom. The molecule has 2 N–H and O–H groups in total. The molecule has 2 amide bonds. The third-order valence-corrected chi connectivity index (χ3v) is 3.86. The van der Waals surface area contributed by atoms with Crippen molar-refractivity contribution in [2.45, 2.75) is 32.4 Å². The number of nitrogens with zero attached hydrogens (tertiary/aromatic N) is 4. The number of hydrogen-bond acceptors (Lipinski definition) is 4. The number of carbonyl (C=O) groups excluding carboxylic acids is 1. The smallest absolute Gasteiger partial charge is 0.319 e. The van der Waals surface area contributed by atoms with Gasteiger partial charge in [0.15, 0.2) is 5.82 Å². The van der Waals surface area contributed by atoms with Crippen LogP contribution in [0.25, 0.3) is 0 Å². The number of imidazole rings is 1. The number of anilines is 2. The van der Waals surface area contributed by atoms with Crippen LogP contribution in [0.2, 0.25) is 0 Å². The molecule has 1 atom stereocenters. The molecule has 3 rings (SSSR count). The van der Waals surface area contributed by atoms with Gasteiger partial charge >= 0.3 is 6.03 Å². The van der Waals surface area contributed by atoms with Gasteiger partial charge in [-0.15, -0.1) is 0 Å². The fourth-order valence-electron chi connectivity index (χ4n) is 2.81. The number of aromatic nitrogens is 3. The molecule has 3 heterocycles. The van der Waals surface area contributed by atoms with Crippen LogP contribution in [-0.4, -0.2) is 39.7 Å². The minimum Gasteiger partial charge on any atom is -0.355 e. The average Bonchev–Trinajstić information content (AvgIpc) is 3.20. The maximum Gasteiger partial charge on any atom is 0.319 e. The van der Waals surface area contributed by atoms with Crippen molar-refractivity contribution < 1.29 is 4.79 Å². The molecule has 1 saturated heterocycles. The van der Waals surface area contributed by atoms with E-state index in [2.05, 4.69) is 25.5 Å². The largest absolute Gasteiger partial charge is 0.355 e. The lowest BCUT2D eigenvalue weighted by Crippen LogP contribution is -2.38. The molecule has 23 heavy (non-hydrogen) atoms. The summed E-state index contributed by atoms with van der Waals surface area (Å²) in [4.78, 5) is 22.9. The molecule has 7 nitrogen and oxygen atoms in total. The lowest BCUT2D eigenvalue weighted by molar-refractivity contribution is 0.248. The average molecular weight is 314 g/mol. The molecule has 0 radical (unpaired) electrons. The van der Waals surface area contributed by atoms with Crippen LogP contribution in [0, 0.1) is 0 Å². The summed E-state index contributed by atoms with van der Waals surface area (Å²) >= 11 is 0. The van der Waals surface area contributed by atoms with Gasteiger partial charge in [0.05, 0.1) is 12.0 Å². The summed E-state index contributed by atoms with van der Waals surface area (Å²) < 4.78 is 1.94. The fraction of sp³-hybridized carbons (Fsp3) is 0.438. The summed E-state index contributed by atoms with van der Waals surface area (Å²) in [6.45, 7) is 4.62. The summed E-state index contributed by atoms with van der Waals surface area (Å²) in [7, 11) is 0. The first kappa shape index (κ1) is 15.3. The Labute approximate surface area is 135 Å². The van der Waals surface area contributed by atoms with E-state index >= 15 is 0 Å². The van der Waals surface area contributed by atoms with Gasteiger partial charge in [0, 0.05) is 44.3 Å². The van der Waals surface area contributed by atoms with Gasteiger partial charge < -0.3 is 20.1 Å². The van der Waals surface area contributed by atoms with Gasteiger partial charge in [0.1, 0.15) is 0 Å². The highest BCUT2D eigenvalue weighted by atomic mass is 16.2. The van der Waals surface area contributed by atoms with Crippen molar-refractivity contribution in [3.63, 3.8) is 0 Å². The number of rotatable bonds is 5. The molecular formula is C16H22N6O. The Bertz CT molecular complexity index is 636. The van der Waals surface area contributed by atoms with E-state index in [4.69, 9.17) is 0 Å². The van der Waals surface area contributed by atoms with E-state index < -0.39 is 0 Å². The monoisotopic (exact) mass is 314 g/mol. The molecular weight excluding hydrogens is 292 g/mol. The van der Waals surface area contributed by atoms with Crippen molar-refractivity contribution in [3.8, 4) is 0 Å². The number of nitrogens with one attached hydrogen (secondary N) is 2.